The second kappa shape index (κ2) is 5.48. The van der Waals surface area contributed by atoms with E-state index in [1.807, 2.05) is 6.92 Å². The van der Waals surface area contributed by atoms with Gasteiger partial charge in [0.05, 0.1) is 5.01 Å². The van der Waals surface area contributed by atoms with Gasteiger partial charge in [-0.05, 0) is 25.7 Å². The number of aromatic nitrogens is 1. The summed E-state index contributed by atoms with van der Waals surface area (Å²) in [6.45, 7) is 3.10. The number of amides is 1. The van der Waals surface area contributed by atoms with Gasteiger partial charge >= 0.3 is 5.97 Å². The summed E-state index contributed by atoms with van der Waals surface area (Å²) >= 11 is 1.46. The van der Waals surface area contributed by atoms with Crippen LogP contribution in [0.5, 0.6) is 0 Å². The third-order valence-corrected chi connectivity index (χ3v) is 3.88. The molecule has 1 amide bonds. The van der Waals surface area contributed by atoms with Crippen LogP contribution in [0.3, 0.4) is 0 Å². The van der Waals surface area contributed by atoms with E-state index >= 15 is 0 Å². The molecule has 1 fully saturated rings. The maximum atomic E-state index is 12.2. The molecule has 1 N–H and O–H groups in total. The molecular formula is C12H16N2O3S. The average Bonchev–Trinajstić information content (AvgIpc) is 2.74. The standard InChI is InChI=1S/C12H16N2O3S/c1-8-13-10(7-18-8)12(17)14-4-2-3-9(6-14)5-11(15)16/h7,9H,2-6H2,1H3,(H,15,16). The van der Waals surface area contributed by atoms with Crippen molar-refractivity contribution in [2.45, 2.75) is 26.2 Å². The van der Waals surface area contributed by atoms with Crippen molar-refractivity contribution in [3.8, 4) is 0 Å². The topological polar surface area (TPSA) is 70.5 Å². The Morgan fingerprint density at radius 2 is 2.39 bits per heavy atom. The first-order valence-electron chi connectivity index (χ1n) is 5.99. The minimum Gasteiger partial charge on any atom is -0.481 e. The van der Waals surface area contributed by atoms with Crippen LogP contribution >= 0.6 is 11.3 Å². The number of carbonyl (C=O) groups excluding carboxylic acids is 1. The smallest absolute Gasteiger partial charge is 0.303 e. The Balaban J connectivity index is 2.00. The fourth-order valence-electron chi connectivity index (χ4n) is 2.29. The summed E-state index contributed by atoms with van der Waals surface area (Å²) in [5, 5.41) is 11.4. The van der Waals surface area contributed by atoms with E-state index in [4.69, 9.17) is 5.11 Å². The van der Waals surface area contributed by atoms with Gasteiger partial charge in [0.2, 0.25) is 0 Å². The molecule has 2 heterocycles. The monoisotopic (exact) mass is 268 g/mol. The molecule has 6 heteroatoms. The Labute approximate surface area is 109 Å². The molecule has 98 valence electrons. The summed E-state index contributed by atoms with van der Waals surface area (Å²) in [7, 11) is 0. The molecular weight excluding hydrogens is 252 g/mol. The molecule has 5 nitrogen and oxygen atoms in total. The van der Waals surface area contributed by atoms with Crippen molar-refractivity contribution in [1.82, 2.24) is 9.88 Å². The lowest BCUT2D eigenvalue weighted by molar-refractivity contribution is -0.138. The van der Waals surface area contributed by atoms with Crippen LogP contribution in [0, 0.1) is 12.8 Å². The quantitative estimate of drug-likeness (QED) is 0.907. The molecule has 1 atom stereocenters. The third kappa shape index (κ3) is 3.07. The largest absolute Gasteiger partial charge is 0.481 e. The van der Waals surface area contributed by atoms with Crippen LogP contribution in [0.15, 0.2) is 5.38 Å². The predicted octanol–water partition coefficient (Wildman–Crippen LogP) is 1.78. The van der Waals surface area contributed by atoms with Gasteiger partial charge in [-0.2, -0.15) is 0 Å². The second-order valence-corrected chi connectivity index (χ2v) is 5.67. The Morgan fingerprint density at radius 3 is 3.00 bits per heavy atom. The second-order valence-electron chi connectivity index (χ2n) is 4.61. The number of piperidine rings is 1. The fraction of sp³-hybridized carbons (Fsp3) is 0.583. The van der Waals surface area contributed by atoms with E-state index in [-0.39, 0.29) is 18.2 Å². The lowest BCUT2D eigenvalue weighted by Gasteiger charge is -2.31. The number of carbonyl (C=O) groups is 2. The molecule has 0 bridgehead atoms. The number of carboxylic acids is 1. The van der Waals surface area contributed by atoms with Crippen molar-refractivity contribution in [2.75, 3.05) is 13.1 Å². The van der Waals surface area contributed by atoms with Gasteiger partial charge in [0.15, 0.2) is 0 Å². The SMILES string of the molecule is Cc1nc(C(=O)N2CCCC(CC(=O)O)C2)cs1. The van der Waals surface area contributed by atoms with Gasteiger partial charge in [0.1, 0.15) is 5.69 Å². The van der Waals surface area contributed by atoms with Gasteiger partial charge in [-0.25, -0.2) is 4.98 Å². The summed E-state index contributed by atoms with van der Waals surface area (Å²) in [5.41, 5.74) is 0.480. The number of hydrogen-bond acceptors (Lipinski definition) is 4. The van der Waals surface area contributed by atoms with Crippen LogP contribution < -0.4 is 0 Å². The molecule has 0 saturated carbocycles. The zero-order chi connectivity index (χ0) is 13.1. The number of hydrogen-bond donors (Lipinski definition) is 1. The number of likely N-dealkylation sites (tertiary alicyclic amines) is 1. The normalized spacial score (nSPS) is 19.8. The van der Waals surface area contributed by atoms with Crippen LogP contribution in [-0.2, 0) is 4.79 Å². The molecule has 1 unspecified atom stereocenters. The van der Waals surface area contributed by atoms with E-state index in [0.29, 0.717) is 18.8 Å². The molecule has 2 rings (SSSR count). The zero-order valence-corrected chi connectivity index (χ0v) is 11.1. The Morgan fingerprint density at radius 1 is 1.61 bits per heavy atom. The molecule has 0 aromatic carbocycles. The van der Waals surface area contributed by atoms with E-state index in [9.17, 15) is 9.59 Å². The number of nitrogens with zero attached hydrogens (tertiary/aromatic N) is 2. The van der Waals surface area contributed by atoms with Gasteiger partial charge in [-0.3, -0.25) is 9.59 Å². The Hall–Kier alpha value is -1.43. The maximum Gasteiger partial charge on any atom is 0.303 e. The van der Waals surface area contributed by atoms with E-state index in [1.54, 1.807) is 10.3 Å². The summed E-state index contributed by atoms with van der Waals surface area (Å²) in [5.74, 6) is -0.798. The Bertz CT molecular complexity index is 458. The summed E-state index contributed by atoms with van der Waals surface area (Å²) in [4.78, 5) is 28.8. The van der Waals surface area contributed by atoms with Crippen molar-refractivity contribution in [2.24, 2.45) is 5.92 Å². The van der Waals surface area contributed by atoms with Crippen molar-refractivity contribution in [3.63, 3.8) is 0 Å². The number of aliphatic carboxylic acids is 1. The number of thiazole rings is 1. The predicted molar refractivity (Wildman–Crippen MR) is 67.7 cm³/mol. The summed E-state index contributed by atoms with van der Waals surface area (Å²) < 4.78 is 0. The summed E-state index contributed by atoms with van der Waals surface area (Å²) in [6, 6.07) is 0. The van der Waals surface area contributed by atoms with Crippen LogP contribution in [0.2, 0.25) is 0 Å². The minimum atomic E-state index is -0.793. The first kappa shape index (κ1) is 13.0. The maximum absolute atomic E-state index is 12.2. The molecule has 18 heavy (non-hydrogen) atoms. The molecule has 1 saturated heterocycles. The minimum absolute atomic E-state index is 0.0694. The molecule has 0 aliphatic carbocycles. The van der Waals surface area contributed by atoms with E-state index < -0.39 is 5.97 Å². The zero-order valence-electron chi connectivity index (χ0n) is 10.3. The van der Waals surface area contributed by atoms with Crippen molar-refractivity contribution in [3.05, 3.63) is 16.1 Å². The lowest BCUT2D eigenvalue weighted by atomic mass is 9.95. The molecule has 1 aromatic rings. The van der Waals surface area contributed by atoms with Crippen molar-refractivity contribution >= 4 is 23.2 Å². The highest BCUT2D eigenvalue weighted by atomic mass is 32.1. The van der Waals surface area contributed by atoms with Gasteiger partial charge in [0.25, 0.3) is 5.91 Å². The average molecular weight is 268 g/mol. The summed E-state index contributed by atoms with van der Waals surface area (Å²) in [6.07, 6.45) is 1.89. The first-order chi connectivity index (χ1) is 8.56. The van der Waals surface area contributed by atoms with Crippen LogP contribution in [-0.4, -0.2) is 40.0 Å². The highest BCUT2D eigenvalue weighted by Gasteiger charge is 2.26. The van der Waals surface area contributed by atoms with Gasteiger partial charge in [-0.1, -0.05) is 0 Å². The van der Waals surface area contributed by atoms with E-state index in [1.165, 1.54) is 11.3 Å². The van der Waals surface area contributed by atoms with E-state index in [2.05, 4.69) is 4.98 Å². The molecule has 1 aliphatic heterocycles. The van der Waals surface area contributed by atoms with Gasteiger partial charge < -0.3 is 10.0 Å². The Kier molecular flexibility index (Phi) is 3.96. The van der Waals surface area contributed by atoms with Gasteiger partial charge in [0, 0.05) is 24.9 Å². The van der Waals surface area contributed by atoms with Crippen molar-refractivity contribution < 1.29 is 14.7 Å². The van der Waals surface area contributed by atoms with Crippen LogP contribution in [0.1, 0.15) is 34.8 Å². The van der Waals surface area contributed by atoms with Crippen LogP contribution in [0.25, 0.3) is 0 Å². The number of carboxylic acid groups (broad SMARTS) is 1. The first-order valence-corrected chi connectivity index (χ1v) is 6.87. The van der Waals surface area contributed by atoms with Crippen molar-refractivity contribution in [1.29, 1.82) is 0 Å². The highest BCUT2D eigenvalue weighted by molar-refractivity contribution is 7.09. The molecule has 0 radical (unpaired) electrons. The van der Waals surface area contributed by atoms with E-state index in [0.717, 1.165) is 17.8 Å². The van der Waals surface area contributed by atoms with Crippen LogP contribution in [0.4, 0.5) is 0 Å². The third-order valence-electron chi connectivity index (χ3n) is 3.11. The number of rotatable bonds is 3. The lowest BCUT2D eigenvalue weighted by Crippen LogP contribution is -2.40. The molecule has 0 spiro atoms. The fourth-order valence-corrected chi connectivity index (χ4v) is 2.87. The molecule has 1 aliphatic rings. The number of aryl methyl sites for hydroxylation is 1. The van der Waals surface area contributed by atoms with Gasteiger partial charge in [-0.15, -0.1) is 11.3 Å². The highest BCUT2D eigenvalue weighted by Crippen LogP contribution is 2.21. The molecule has 1 aromatic heterocycles.